The lowest BCUT2D eigenvalue weighted by atomic mass is 10.4. The van der Waals surface area contributed by atoms with Crippen molar-refractivity contribution in [2.75, 3.05) is 0 Å². The van der Waals surface area contributed by atoms with Gasteiger partial charge in [-0.25, -0.2) is 4.98 Å². The van der Waals surface area contributed by atoms with E-state index in [9.17, 15) is 0 Å². The highest BCUT2D eigenvalue weighted by atomic mass is 79.9. The lowest BCUT2D eigenvalue weighted by Crippen LogP contribution is -1.72. The van der Waals surface area contributed by atoms with E-state index in [0.29, 0.717) is 5.71 Å². The fraction of sp³-hybridized carbons (Fsp3) is 0. The molecule has 0 aliphatic rings. The lowest BCUT2D eigenvalue weighted by molar-refractivity contribution is 0.602. The summed E-state index contributed by atoms with van der Waals surface area (Å²) in [6.45, 7) is 0. The van der Waals surface area contributed by atoms with Gasteiger partial charge in [0.1, 0.15) is 4.60 Å². The highest BCUT2D eigenvalue weighted by Gasteiger charge is 1.96. The van der Waals surface area contributed by atoms with Gasteiger partial charge in [-0.2, -0.15) is 0 Å². The molecule has 0 radical (unpaired) electrons. The highest BCUT2D eigenvalue weighted by Crippen LogP contribution is 2.15. The van der Waals surface area contributed by atoms with Crippen LogP contribution in [0.3, 0.4) is 0 Å². The first kappa shape index (κ1) is 5.92. The SMILES string of the molecule is Brc1ccc2ccoc2n1. The Morgan fingerprint density at radius 2 is 2.20 bits per heavy atom. The Hall–Kier alpha value is -0.830. The first-order chi connectivity index (χ1) is 4.86. The van der Waals surface area contributed by atoms with Crippen molar-refractivity contribution in [2.24, 2.45) is 0 Å². The number of rotatable bonds is 0. The Labute approximate surface area is 66.0 Å². The van der Waals surface area contributed by atoms with Gasteiger partial charge in [0.2, 0.25) is 5.71 Å². The van der Waals surface area contributed by atoms with E-state index < -0.39 is 0 Å². The molecule has 0 N–H and O–H groups in total. The molecule has 0 spiro atoms. The Morgan fingerprint density at radius 3 is 3.10 bits per heavy atom. The summed E-state index contributed by atoms with van der Waals surface area (Å²) < 4.78 is 5.86. The summed E-state index contributed by atoms with van der Waals surface area (Å²) in [5.74, 6) is 0. The molecule has 0 aliphatic heterocycles. The Morgan fingerprint density at radius 1 is 1.30 bits per heavy atom. The molecule has 2 rings (SSSR count). The molecule has 2 heterocycles. The summed E-state index contributed by atoms with van der Waals surface area (Å²) in [7, 11) is 0. The van der Waals surface area contributed by atoms with E-state index in [2.05, 4.69) is 20.9 Å². The number of hydrogen-bond donors (Lipinski definition) is 0. The Kier molecular flexibility index (Phi) is 1.24. The Bertz CT molecular complexity index is 355. The smallest absolute Gasteiger partial charge is 0.226 e. The van der Waals surface area contributed by atoms with Crippen molar-refractivity contribution in [1.29, 1.82) is 0 Å². The van der Waals surface area contributed by atoms with Gasteiger partial charge in [0.05, 0.1) is 6.26 Å². The van der Waals surface area contributed by atoms with E-state index in [1.54, 1.807) is 6.26 Å². The van der Waals surface area contributed by atoms with Gasteiger partial charge in [-0.3, -0.25) is 0 Å². The predicted molar refractivity (Wildman–Crippen MR) is 41.7 cm³/mol. The number of pyridine rings is 1. The maximum absolute atomic E-state index is 5.06. The van der Waals surface area contributed by atoms with Crippen molar-refractivity contribution in [1.82, 2.24) is 4.98 Å². The summed E-state index contributed by atoms with van der Waals surface area (Å²) in [6, 6.07) is 5.72. The minimum Gasteiger partial charge on any atom is -0.446 e. The van der Waals surface area contributed by atoms with E-state index >= 15 is 0 Å². The fourth-order valence-corrected chi connectivity index (χ4v) is 1.11. The third-order valence-corrected chi connectivity index (χ3v) is 1.72. The zero-order chi connectivity index (χ0) is 6.97. The fourth-order valence-electron chi connectivity index (χ4n) is 0.822. The predicted octanol–water partition coefficient (Wildman–Crippen LogP) is 2.59. The lowest BCUT2D eigenvalue weighted by Gasteiger charge is -1.86. The van der Waals surface area contributed by atoms with Gasteiger partial charge in [0, 0.05) is 5.39 Å². The van der Waals surface area contributed by atoms with Crippen molar-refractivity contribution >= 4 is 27.0 Å². The standard InChI is InChI=1S/C7H4BrNO/c8-6-2-1-5-3-4-10-7(5)9-6/h1-4H. The van der Waals surface area contributed by atoms with Crippen LogP contribution in [0.5, 0.6) is 0 Å². The van der Waals surface area contributed by atoms with Gasteiger partial charge >= 0.3 is 0 Å². The molecule has 2 aromatic rings. The molecule has 0 aliphatic carbocycles. The average Bonchev–Trinajstić information content (AvgIpc) is 2.33. The van der Waals surface area contributed by atoms with Gasteiger partial charge < -0.3 is 4.42 Å². The van der Waals surface area contributed by atoms with Crippen LogP contribution in [-0.4, -0.2) is 4.98 Å². The van der Waals surface area contributed by atoms with Crippen LogP contribution in [0.1, 0.15) is 0 Å². The van der Waals surface area contributed by atoms with Crippen LogP contribution in [0.15, 0.2) is 33.5 Å². The third kappa shape index (κ3) is 0.827. The summed E-state index contributed by atoms with van der Waals surface area (Å²) in [5.41, 5.74) is 0.675. The molecular weight excluding hydrogens is 194 g/mol. The topological polar surface area (TPSA) is 26.0 Å². The van der Waals surface area contributed by atoms with E-state index in [4.69, 9.17) is 4.42 Å². The van der Waals surface area contributed by atoms with Crippen LogP contribution in [0, 0.1) is 0 Å². The van der Waals surface area contributed by atoms with Crippen LogP contribution in [-0.2, 0) is 0 Å². The normalized spacial score (nSPS) is 10.5. The molecule has 0 fully saturated rings. The number of hydrogen-bond acceptors (Lipinski definition) is 2. The first-order valence-corrected chi connectivity index (χ1v) is 3.65. The van der Waals surface area contributed by atoms with Crippen molar-refractivity contribution < 1.29 is 4.42 Å². The van der Waals surface area contributed by atoms with Crippen LogP contribution in [0.4, 0.5) is 0 Å². The van der Waals surface area contributed by atoms with E-state index in [-0.39, 0.29) is 0 Å². The minimum absolute atomic E-state index is 0.675. The molecule has 3 heteroatoms. The number of furan rings is 1. The molecule has 0 saturated heterocycles. The second-order valence-electron chi connectivity index (χ2n) is 1.95. The van der Waals surface area contributed by atoms with Gasteiger partial charge in [-0.15, -0.1) is 0 Å². The van der Waals surface area contributed by atoms with Gasteiger partial charge in [-0.1, -0.05) is 0 Å². The molecule has 2 nitrogen and oxygen atoms in total. The zero-order valence-electron chi connectivity index (χ0n) is 5.04. The van der Waals surface area contributed by atoms with E-state index in [0.717, 1.165) is 9.99 Å². The quantitative estimate of drug-likeness (QED) is 0.608. The van der Waals surface area contributed by atoms with E-state index in [1.807, 2.05) is 18.2 Å². The maximum Gasteiger partial charge on any atom is 0.226 e. The summed E-state index contributed by atoms with van der Waals surface area (Å²) in [4.78, 5) is 4.09. The molecule has 0 aromatic carbocycles. The van der Waals surface area contributed by atoms with Crippen molar-refractivity contribution in [3.8, 4) is 0 Å². The zero-order valence-corrected chi connectivity index (χ0v) is 6.63. The van der Waals surface area contributed by atoms with Gasteiger partial charge in [-0.05, 0) is 34.1 Å². The third-order valence-electron chi connectivity index (χ3n) is 1.28. The summed E-state index contributed by atoms with van der Waals surface area (Å²) >= 11 is 3.25. The molecule has 0 bridgehead atoms. The molecule has 10 heavy (non-hydrogen) atoms. The summed E-state index contributed by atoms with van der Waals surface area (Å²) in [5, 5.41) is 1.03. The number of aromatic nitrogens is 1. The van der Waals surface area contributed by atoms with Crippen molar-refractivity contribution in [3.05, 3.63) is 29.1 Å². The van der Waals surface area contributed by atoms with Crippen molar-refractivity contribution in [3.63, 3.8) is 0 Å². The van der Waals surface area contributed by atoms with Crippen LogP contribution in [0.2, 0.25) is 0 Å². The minimum atomic E-state index is 0.675. The second kappa shape index (κ2) is 2.09. The highest BCUT2D eigenvalue weighted by molar-refractivity contribution is 9.10. The molecule has 50 valence electrons. The molecule has 0 atom stereocenters. The number of nitrogens with zero attached hydrogens (tertiary/aromatic N) is 1. The molecule has 0 amide bonds. The summed E-state index contributed by atoms with van der Waals surface area (Å²) in [6.07, 6.45) is 1.63. The number of fused-ring (bicyclic) bond motifs is 1. The van der Waals surface area contributed by atoms with Crippen LogP contribution in [0.25, 0.3) is 11.1 Å². The van der Waals surface area contributed by atoms with Crippen molar-refractivity contribution in [2.45, 2.75) is 0 Å². The largest absolute Gasteiger partial charge is 0.446 e. The Balaban J connectivity index is 2.86. The molecular formula is C7H4BrNO. The van der Waals surface area contributed by atoms with Gasteiger partial charge in [0.25, 0.3) is 0 Å². The average molecular weight is 198 g/mol. The number of halogens is 1. The molecule has 0 saturated carbocycles. The molecule has 0 unspecified atom stereocenters. The second-order valence-corrected chi connectivity index (χ2v) is 2.76. The van der Waals surface area contributed by atoms with Crippen LogP contribution >= 0.6 is 15.9 Å². The molecule has 2 aromatic heterocycles. The monoisotopic (exact) mass is 197 g/mol. The van der Waals surface area contributed by atoms with Gasteiger partial charge in [0.15, 0.2) is 0 Å². The van der Waals surface area contributed by atoms with E-state index in [1.165, 1.54) is 0 Å². The maximum atomic E-state index is 5.06. The van der Waals surface area contributed by atoms with Crippen LogP contribution < -0.4 is 0 Å². The first-order valence-electron chi connectivity index (χ1n) is 2.86.